The van der Waals surface area contributed by atoms with Crippen LogP contribution in [0.25, 0.3) is 0 Å². The lowest BCUT2D eigenvalue weighted by molar-refractivity contribution is -0.114. The molecule has 0 atom stereocenters. The molecule has 1 amide bonds. The van der Waals surface area contributed by atoms with E-state index in [1.165, 1.54) is 18.4 Å². The van der Waals surface area contributed by atoms with Gasteiger partial charge in [0.2, 0.25) is 0 Å². The molecule has 1 aromatic heterocycles. The Morgan fingerprint density at radius 3 is 2.77 bits per heavy atom. The Labute approximate surface area is 133 Å². The second kappa shape index (κ2) is 7.61. The van der Waals surface area contributed by atoms with Crippen LogP contribution >= 0.6 is 11.3 Å². The third kappa shape index (κ3) is 3.65. The van der Waals surface area contributed by atoms with Gasteiger partial charge in [-0.15, -0.1) is 11.3 Å². The summed E-state index contributed by atoms with van der Waals surface area (Å²) >= 11 is 1.52. The van der Waals surface area contributed by atoms with Gasteiger partial charge in [0, 0.05) is 12.6 Å². The molecule has 1 aromatic carbocycles. The average Bonchev–Trinajstić information content (AvgIpc) is 2.99. The summed E-state index contributed by atoms with van der Waals surface area (Å²) in [4.78, 5) is 17.6. The zero-order valence-electron chi connectivity index (χ0n) is 12.8. The smallest absolute Gasteiger partial charge is 0.273 e. The maximum absolute atomic E-state index is 11.9. The van der Waals surface area contributed by atoms with Crippen molar-refractivity contribution < 1.29 is 14.4 Å². The summed E-state index contributed by atoms with van der Waals surface area (Å²) < 4.78 is 5.85. The van der Waals surface area contributed by atoms with Crippen LogP contribution < -0.4 is 10.1 Å². The number of ether oxygens (including phenoxy) is 1. The number of thiophene rings is 1. The fraction of sp³-hybridized carbons (Fsp3) is 0.250. The number of para-hydroxylation sites is 1. The predicted octanol–water partition coefficient (Wildman–Crippen LogP) is 2.73. The Morgan fingerprint density at radius 1 is 1.32 bits per heavy atom. The normalized spacial score (nSPS) is 11.1. The van der Waals surface area contributed by atoms with Gasteiger partial charge in [0.05, 0.1) is 4.88 Å². The first-order chi connectivity index (χ1) is 10.7. The van der Waals surface area contributed by atoms with Crippen molar-refractivity contribution in [3.63, 3.8) is 0 Å². The predicted molar refractivity (Wildman–Crippen MR) is 87.4 cm³/mol. The highest BCUT2D eigenvalue weighted by atomic mass is 32.1. The van der Waals surface area contributed by atoms with Crippen molar-refractivity contribution in [2.45, 2.75) is 13.5 Å². The molecule has 0 saturated heterocycles. The van der Waals surface area contributed by atoms with E-state index in [9.17, 15) is 4.79 Å². The van der Waals surface area contributed by atoms with Gasteiger partial charge in [0.25, 0.3) is 5.91 Å². The molecule has 0 aliphatic carbocycles. The molecular weight excluding hydrogens is 300 g/mol. The maximum atomic E-state index is 11.9. The molecule has 0 fully saturated rings. The fourth-order valence-electron chi connectivity index (χ4n) is 1.95. The number of hydrogen-bond acceptors (Lipinski definition) is 5. The SMILES string of the molecule is CNC(=O)/C(=N\OC)c1ccsc1COc1ccccc1C. The van der Waals surface area contributed by atoms with E-state index < -0.39 is 0 Å². The molecule has 116 valence electrons. The van der Waals surface area contributed by atoms with Gasteiger partial charge in [-0.3, -0.25) is 4.79 Å². The molecular formula is C16H18N2O3S. The lowest BCUT2D eigenvalue weighted by Gasteiger charge is -2.10. The fourth-order valence-corrected chi connectivity index (χ4v) is 2.73. The lowest BCUT2D eigenvalue weighted by Crippen LogP contribution is -2.29. The number of hydrogen-bond donors (Lipinski definition) is 1. The number of carbonyl (C=O) groups excluding carboxylic acids is 1. The van der Waals surface area contributed by atoms with Crippen LogP contribution in [0.3, 0.4) is 0 Å². The quantitative estimate of drug-likeness (QED) is 0.658. The average molecular weight is 318 g/mol. The summed E-state index contributed by atoms with van der Waals surface area (Å²) in [7, 11) is 2.97. The molecule has 0 aliphatic rings. The summed E-state index contributed by atoms with van der Waals surface area (Å²) in [5.41, 5.74) is 2.03. The van der Waals surface area contributed by atoms with Gasteiger partial charge >= 0.3 is 0 Å². The van der Waals surface area contributed by atoms with E-state index in [1.54, 1.807) is 7.05 Å². The molecule has 0 saturated carbocycles. The number of oxime groups is 1. The third-order valence-electron chi connectivity index (χ3n) is 3.08. The van der Waals surface area contributed by atoms with Crippen LogP contribution in [0.2, 0.25) is 0 Å². The zero-order chi connectivity index (χ0) is 15.9. The molecule has 1 heterocycles. The number of carbonyl (C=O) groups is 1. The van der Waals surface area contributed by atoms with Crippen molar-refractivity contribution in [1.82, 2.24) is 5.32 Å². The first-order valence-electron chi connectivity index (χ1n) is 6.75. The van der Waals surface area contributed by atoms with Crippen molar-refractivity contribution in [3.05, 3.63) is 51.7 Å². The zero-order valence-corrected chi connectivity index (χ0v) is 13.6. The molecule has 0 unspecified atom stereocenters. The van der Waals surface area contributed by atoms with Gasteiger partial charge in [-0.2, -0.15) is 0 Å². The first-order valence-corrected chi connectivity index (χ1v) is 7.63. The molecule has 0 aliphatic heterocycles. The van der Waals surface area contributed by atoms with Crippen LogP contribution in [0.1, 0.15) is 16.0 Å². The summed E-state index contributed by atoms with van der Waals surface area (Å²) in [6, 6.07) is 9.65. The number of nitrogens with one attached hydrogen (secondary N) is 1. The summed E-state index contributed by atoms with van der Waals surface area (Å²) in [6.45, 7) is 2.37. The molecule has 6 heteroatoms. The van der Waals surface area contributed by atoms with Gasteiger partial charge in [-0.1, -0.05) is 23.4 Å². The number of nitrogens with zero attached hydrogens (tertiary/aromatic N) is 1. The van der Waals surface area contributed by atoms with E-state index in [4.69, 9.17) is 9.57 Å². The van der Waals surface area contributed by atoms with Crippen molar-refractivity contribution >= 4 is 23.0 Å². The number of rotatable bonds is 6. The monoisotopic (exact) mass is 318 g/mol. The van der Waals surface area contributed by atoms with Crippen LogP contribution in [0.5, 0.6) is 5.75 Å². The molecule has 5 nitrogen and oxygen atoms in total. The highest BCUT2D eigenvalue weighted by Crippen LogP contribution is 2.23. The standard InChI is InChI=1S/C16H18N2O3S/c1-11-6-4-5-7-13(11)21-10-14-12(8-9-22-14)15(18-20-3)16(19)17-2/h4-9H,10H2,1-3H3,(H,17,19)/b18-15-. The Balaban J connectivity index is 2.20. The summed E-state index contributed by atoms with van der Waals surface area (Å²) in [6.07, 6.45) is 0. The second-order valence-electron chi connectivity index (χ2n) is 4.51. The highest BCUT2D eigenvalue weighted by molar-refractivity contribution is 7.10. The van der Waals surface area contributed by atoms with E-state index >= 15 is 0 Å². The van der Waals surface area contributed by atoms with Gasteiger partial charge in [-0.05, 0) is 30.0 Å². The van der Waals surface area contributed by atoms with Crippen molar-refractivity contribution in [1.29, 1.82) is 0 Å². The Morgan fingerprint density at radius 2 is 2.09 bits per heavy atom. The van der Waals surface area contributed by atoms with Gasteiger partial charge in [0.1, 0.15) is 19.5 Å². The highest BCUT2D eigenvalue weighted by Gasteiger charge is 2.19. The first kappa shape index (κ1) is 16.0. The number of benzene rings is 1. The summed E-state index contributed by atoms with van der Waals surface area (Å²) in [5, 5.41) is 8.29. The molecule has 2 rings (SSSR count). The van der Waals surface area contributed by atoms with Crippen LogP contribution in [-0.4, -0.2) is 25.8 Å². The Kier molecular flexibility index (Phi) is 5.55. The van der Waals surface area contributed by atoms with Gasteiger partial charge in [-0.25, -0.2) is 0 Å². The minimum atomic E-state index is -0.294. The van der Waals surface area contributed by atoms with Crippen LogP contribution in [0, 0.1) is 6.92 Å². The van der Waals surface area contributed by atoms with E-state index in [2.05, 4.69) is 10.5 Å². The van der Waals surface area contributed by atoms with Crippen LogP contribution in [-0.2, 0) is 16.2 Å². The van der Waals surface area contributed by atoms with Gasteiger partial charge < -0.3 is 14.9 Å². The Hall–Kier alpha value is -2.34. The van der Waals surface area contributed by atoms with E-state index in [-0.39, 0.29) is 11.6 Å². The molecule has 22 heavy (non-hydrogen) atoms. The number of likely N-dealkylation sites (N-methyl/N-ethyl adjacent to an activating group) is 1. The summed E-state index contributed by atoms with van der Waals surface area (Å²) in [5.74, 6) is 0.532. The van der Waals surface area contributed by atoms with Crippen molar-refractivity contribution in [3.8, 4) is 5.75 Å². The minimum absolute atomic E-state index is 0.245. The third-order valence-corrected chi connectivity index (χ3v) is 3.97. The topological polar surface area (TPSA) is 59.9 Å². The molecule has 0 bridgehead atoms. The maximum Gasteiger partial charge on any atom is 0.273 e. The molecule has 0 radical (unpaired) electrons. The Bertz CT molecular complexity index is 680. The second-order valence-corrected chi connectivity index (χ2v) is 5.51. The lowest BCUT2D eigenvalue weighted by atomic mass is 10.1. The minimum Gasteiger partial charge on any atom is -0.488 e. The van der Waals surface area contributed by atoms with E-state index in [0.717, 1.165) is 21.8 Å². The number of amides is 1. The van der Waals surface area contributed by atoms with Crippen molar-refractivity contribution in [2.24, 2.45) is 5.16 Å². The van der Waals surface area contributed by atoms with Crippen molar-refractivity contribution in [2.75, 3.05) is 14.2 Å². The number of aryl methyl sites for hydroxylation is 1. The molecule has 2 aromatic rings. The molecule has 0 spiro atoms. The van der Waals surface area contributed by atoms with Crippen LogP contribution in [0.15, 0.2) is 40.9 Å². The largest absolute Gasteiger partial charge is 0.488 e. The van der Waals surface area contributed by atoms with Gasteiger partial charge in [0.15, 0.2) is 5.71 Å². The van der Waals surface area contributed by atoms with E-state index in [1.807, 2.05) is 42.6 Å². The molecule has 1 N–H and O–H groups in total. The van der Waals surface area contributed by atoms with Crippen LogP contribution in [0.4, 0.5) is 0 Å². The van der Waals surface area contributed by atoms with E-state index in [0.29, 0.717) is 6.61 Å².